The molecule has 1 aliphatic heterocycles. The summed E-state index contributed by atoms with van der Waals surface area (Å²) >= 11 is 0. The number of hydrogen-bond acceptors (Lipinski definition) is 4. The summed E-state index contributed by atoms with van der Waals surface area (Å²) in [6, 6.07) is 0.787. The third-order valence-corrected chi connectivity index (χ3v) is 4.94. The van der Waals surface area contributed by atoms with Crippen LogP contribution in [0, 0.1) is 0 Å². The van der Waals surface area contributed by atoms with E-state index in [0.717, 1.165) is 32.2 Å². The predicted molar refractivity (Wildman–Crippen MR) is 71.0 cm³/mol. The van der Waals surface area contributed by atoms with E-state index in [9.17, 15) is 8.42 Å². The predicted octanol–water partition coefficient (Wildman–Crippen LogP) is 0.617. The minimum atomic E-state index is -3.10. The third-order valence-electron chi connectivity index (χ3n) is 3.42. The zero-order valence-corrected chi connectivity index (χ0v) is 11.7. The van der Waals surface area contributed by atoms with E-state index < -0.39 is 10.0 Å². The summed E-state index contributed by atoms with van der Waals surface area (Å²) in [4.78, 5) is 0. The smallest absolute Gasteiger partial charge is 0.211 e. The number of unbranched alkanes of at least 4 members (excludes halogenated alkanes) is 1. The zero-order valence-electron chi connectivity index (χ0n) is 10.9. The van der Waals surface area contributed by atoms with Crippen LogP contribution < -0.4 is 10.0 Å². The monoisotopic (exact) mass is 276 g/mol. The van der Waals surface area contributed by atoms with Crippen LogP contribution in [0.5, 0.6) is 0 Å². The minimum Gasteiger partial charge on any atom is -0.381 e. The fraction of sp³-hybridized carbons (Fsp3) is 1.00. The largest absolute Gasteiger partial charge is 0.381 e. The van der Waals surface area contributed by atoms with Gasteiger partial charge in [-0.25, -0.2) is 13.1 Å². The van der Waals surface area contributed by atoms with Crippen molar-refractivity contribution < 1.29 is 13.2 Å². The van der Waals surface area contributed by atoms with Crippen molar-refractivity contribution in [2.75, 3.05) is 25.5 Å². The van der Waals surface area contributed by atoms with E-state index in [1.807, 2.05) is 0 Å². The van der Waals surface area contributed by atoms with Crippen molar-refractivity contribution in [1.29, 1.82) is 0 Å². The van der Waals surface area contributed by atoms with Crippen molar-refractivity contribution in [1.82, 2.24) is 10.0 Å². The first kappa shape index (κ1) is 14.2. The van der Waals surface area contributed by atoms with Crippen molar-refractivity contribution in [2.24, 2.45) is 0 Å². The van der Waals surface area contributed by atoms with Gasteiger partial charge in [-0.15, -0.1) is 0 Å². The minimum absolute atomic E-state index is 0.0772. The van der Waals surface area contributed by atoms with E-state index in [-0.39, 0.29) is 11.8 Å². The first-order valence-electron chi connectivity index (χ1n) is 6.97. The van der Waals surface area contributed by atoms with E-state index in [0.29, 0.717) is 19.3 Å². The highest BCUT2D eigenvalue weighted by atomic mass is 32.2. The Kier molecular flexibility index (Phi) is 5.41. The van der Waals surface area contributed by atoms with Crippen LogP contribution in [0.1, 0.15) is 38.5 Å². The zero-order chi connectivity index (χ0) is 12.8. The molecule has 1 saturated heterocycles. The topological polar surface area (TPSA) is 67.4 Å². The average molecular weight is 276 g/mol. The van der Waals surface area contributed by atoms with E-state index in [2.05, 4.69) is 10.0 Å². The molecule has 1 heterocycles. The summed E-state index contributed by atoms with van der Waals surface area (Å²) in [5.41, 5.74) is 0. The maximum atomic E-state index is 11.8. The second-order valence-electron chi connectivity index (χ2n) is 5.26. The molecule has 1 aliphatic carbocycles. The molecule has 1 saturated carbocycles. The van der Waals surface area contributed by atoms with Gasteiger partial charge >= 0.3 is 0 Å². The van der Waals surface area contributed by atoms with Crippen molar-refractivity contribution in [3.05, 3.63) is 0 Å². The Bertz CT molecular complexity index is 335. The lowest BCUT2D eigenvalue weighted by atomic mass is 10.1. The van der Waals surface area contributed by atoms with Crippen molar-refractivity contribution >= 4 is 10.0 Å². The maximum absolute atomic E-state index is 11.8. The summed E-state index contributed by atoms with van der Waals surface area (Å²) in [6.07, 6.45) is 5.82. The molecule has 106 valence electrons. The molecule has 0 aromatic heterocycles. The van der Waals surface area contributed by atoms with Crippen molar-refractivity contribution in [3.8, 4) is 0 Å². The highest BCUT2D eigenvalue weighted by Gasteiger charge is 2.21. The number of nitrogens with one attached hydrogen (secondary N) is 2. The lowest BCUT2D eigenvalue weighted by molar-refractivity contribution is 0.0832. The Hall–Kier alpha value is -0.170. The molecule has 2 aliphatic rings. The molecule has 0 unspecified atom stereocenters. The van der Waals surface area contributed by atoms with Gasteiger partial charge in [-0.2, -0.15) is 0 Å². The van der Waals surface area contributed by atoms with Gasteiger partial charge in [0.25, 0.3) is 0 Å². The van der Waals surface area contributed by atoms with Crippen LogP contribution in [0.4, 0.5) is 0 Å². The van der Waals surface area contributed by atoms with Crippen LogP contribution in [0.2, 0.25) is 0 Å². The molecule has 0 radical (unpaired) electrons. The van der Waals surface area contributed by atoms with Crippen molar-refractivity contribution in [2.45, 2.75) is 50.6 Å². The molecule has 0 atom stereocenters. The second-order valence-corrected chi connectivity index (χ2v) is 7.13. The van der Waals surface area contributed by atoms with Crippen LogP contribution in [-0.4, -0.2) is 46.0 Å². The summed E-state index contributed by atoms with van der Waals surface area (Å²) < 4.78 is 31.7. The van der Waals surface area contributed by atoms with E-state index in [4.69, 9.17) is 4.74 Å². The van der Waals surface area contributed by atoms with E-state index >= 15 is 0 Å². The Labute approximate surface area is 110 Å². The average Bonchev–Trinajstić information content (AvgIpc) is 3.13. The SMILES string of the molecule is O=S(=O)(CCCCNC1CC1)NC1CCOCC1. The summed E-state index contributed by atoms with van der Waals surface area (Å²) in [5.74, 6) is 0.247. The number of sulfonamides is 1. The lowest BCUT2D eigenvalue weighted by Crippen LogP contribution is -2.40. The van der Waals surface area contributed by atoms with Crippen LogP contribution >= 0.6 is 0 Å². The van der Waals surface area contributed by atoms with Gasteiger partial charge in [-0.3, -0.25) is 0 Å². The van der Waals surface area contributed by atoms with Gasteiger partial charge in [-0.05, 0) is 45.1 Å². The fourth-order valence-corrected chi connectivity index (χ4v) is 3.58. The van der Waals surface area contributed by atoms with Gasteiger partial charge < -0.3 is 10.1 Å². The van der Waals surface area contributed by atoms with Gasteiger partial charge in [0.1, 0.15) is 0 Å². The number of hydrogen-bond donors (Lipinski definition) is 2. The molecule has 2 rings (SSSR count). The molecular formula is C12H24N2O3S. The number of rotatable bonds is 8. The molecule has 0 aromatic carbocycles. The third kappa shape index (κ3) is 5.65. The Morgan fingerprint density at radius 3 is 2.39 bits per heavy atom. The molecule has 0 spiro atoms. The molecule has 0 bridgehead atoms. The lowest BCUT2D eigenvalue weighted by Gasteiger charge is -2.22. The Morgan fingerprint density at radius 2 is 1.72 bits per heavy atom. The highest BCUT2D eigenvalue weighted by molar-refractivity contribution is 7.89. The highest BCUT2D eigenvalue weighted by Crippen LogP contribution is 2.18. The summed E-state index contributed by atoms with van der Waals surface area (Å²) in [6.45, 7) is 2.27. The second kappa shape index (κ2) is 6.84. The molecule has 5 nitrogen and oxygen atoms in total. The van der Waals surface area contributed by atoms with E-state index in [1.165, 1.54) is 12.8 Å². The quantitative estimate of drug-likeness (QED) is 0.638. The molecule has 6 heteroatoms. The maximum Gasteiger partial charge on any atom is 0.211 e. The molecular weight excluding hydrogens is 252 g/mol. The van der Waals surface area contributed by atoms with Crippen LogP contribution in [0.25, 0.3) is 0 Å². The van der Waals surface area contributed by atoms with Gasteiger partial charge in [0.2, 0.25) is 10.0 Å². The molecule has 2 fully saturated rings. The van der Waals surface area contributed by atoms with Gasteiger partial charge in [0.05, 0.1) is 5.75 Å². The molecule has 0 aromatic rings. The molecule has 18 heavy (non-hydrogen) atoms. The first-order valence-corrected chi connectivity index (χ1v) is 8.62. The summed E-state index contributed by atoms with van der Waals surface area (Å²) in [5, 5.41) is 3.39. The molecule has 0 amide bonds. The first-order chi connectivity index (χ1) is 8.66. The summed E-state index contributed by atoms with van der Waals surface area (Å²) in [7, 11) is -3.10. The Balaban J connectivity index is 1.56. The fourth-order valence-electron chi connectivity index (χ4n) is 2.14. The van der Waals surface area contributed by atoms with Crippen LogP contribution in [0.3, 0.4) is 0 Å². The standard InChI is InChI=1S/C12H24N2O3S/c15-18(16,14-12-5-8-17-9-6-12)10-2-1-7-13-11-3-4-11/h11-14H,1-10H2. The molecule has 2 N–H and O–H groups in total. The van der Waals surface area contributed by atoms with Gasteiger partial charge in [-0.1, -0.05) is 0 Å². The normalized spacial score (nSPS) is 22.2. The van der Waals surface area contributed by atoms with E-state index in [1.54, 1.807) is 0 Å². The Morgan fingerprint density at radius 1 is 1.00 bits per heavy atom. The van der Waals surface area contributed by atoms with Crippen molar-refractivity contribution in [3.63, 3.8) is 0 Å². The van der Waals surface area contributed by atoms with Crippen LogP contribution in [-0.2, 0) is 14.8 Å². The van der Waals surface area contributed by atoms with Gasteiger partial charge in [0, 0.05) is 25.3 Å². The number of ether oxygens (including phenoxy) is 1. The van der Waals surface area contributed by atoms with Gasteiger partial charge in [0.15, 0.2) is 0 Å². The van der Waals surface area contributed by atoms with Crippen LogP contribution in [0.15, 0.2) is 0 Å².